The summed E-state index contributed by atoms with van der Waals surface area (Å²) in [6, 6.07) is 28.3. The summed E-state index contributed by atoms with van der Waals surface area (Å²) < 4.78 is 6.17. The molecule has 0 aliphatic carbocycles. The molecular formula is C26H22N2OPd. The van der Waals surface area contributed by atoms with Crippen LogP contribution in [0.5, 0.6) is 11.5 Å². The minimum Gasteiger partial charge on any atom is -0.497 e. The molecule has 4 aromatic rings. The third kappa shape index (κ3) is 5.22. The van der Waals surface area contributed by atoms with Gasteiger partial charge in [0.05, 0.1) is 0 Å². The summed E-state index contributed by atoms with van der Waals surface area (Å²) in [7, 11) is 0. The second kappa shape index (κ2) is 9.34. The van der Waals surface area contributed by atoms with Gasteiger partial charge in [-0.3, -0.25) is 0 Å². The predicted octanol–water partition coefficient (Wildman–Crippen LogP) is 6.50. The van der Waals surface area contributed by atoms with E-state index in [1.165, 1.54) is 0 Å². The van der Waals surface area contributed by atoms with Crippen LogP contribution in [0.3, 0.4) is 0 Å². The summed E-state index contributed by atoms with van der Waals surface area (Å²) in [5, 5.41) is 0. The van der Waals surface area contributed by atoms with Gasteiger partial charge in [0.1, 0.15) is 0 Å². The Morgan fingerprint density at radius 1 is 0.700 bits per heavy atom. The van der Waals surface area contributed by atoms with E-state index in [4.69, 9.17) is 4.74 Å². The number of ether oxygens (including phenoxy) is 1. The van der Waals surface area contributed by atoms with E-state index in [2.05, 4.69) is 48.9 Å². The monoisotopic (exact) mass is 484 g/mol. The molecule has 152 valence electrons. The molecule has 2 aromatic carbocycles. The molecule has 2 heterocycles. The third-order valence-corrected chi connectivity index (χ3v) is 4.58. The molecule has 2 aromatic heterocycles. The minimum atomic E-state index is -0.0315. The topological polar surface area (TPSA) is 35.0 Å². The van der Waals surface area contributed by atoms with Crippen molar-refractivity contribution in [3.05, 3.63) is 96.8 Å². The predicted molar refractivity (Wildman–Crippen MR) is 116 cm³/mol. The molecule has 0 fully saturated rings. The van der Waals surface area contributed by atoms with Crippen LogP contribution >= 0.6 is 0 Å². The first kappa shape index (κ1) is 21.9. The maximum absolute atomic E-state index is 6.17. The van der Waals surface area contributed by atoms with E-state index in [1.54, 1.807) is 12.4 Å². The third-order valence-electron chi connectivity index (χ3n) is 4.58. The molecule has 0 aliphatic rings. The van der Waals surface area contributed by atoms with Crippen LogP contribution in [-0.2, 0) is 25.8 Å². The maximum atomic E-state index is 6.17. The van der Waals surface area contributed by atoms with Crippen molar-refractivity contribution in [2.24, 2.45) is 0 Å². The van der Waals surface area contributed by atoms with Crippen molar-refractivity contribution in [3.63, 3.8) is 0 Å². The van der Waals surface area contributed by atoms with Crippen molar-refractivity contribution < 1.29 is 25.2 Å². The first-order valence-electron chi connectivity index (χ1n) is 9.60. The summed E-state index contributed by atoms with van der Waals surface area (Å²) in [4.78, 5) is 8.87. The van der Waals surface area contributed by atoms with Crippen molar-refractivity contribution >= 4 is 0 Å². The summed E-state index contributed by atoms with van der Waals surface area (Å²) in [5.74, 6) is 1.27. The van der Waals surface area contributed by atoms with E-state index in [-0.39, 0.29) is 25.8 Å². The van der Waals surface area contributed by atoms with Gasteiger partial charge in [0.15, 0.2) is 0 Å². The van der Waals surface area contributed by atoms with Crippen LogP contribution in [-0.4, -0.2) is 9.97 Å². The number of aromatic nitrogens is 2. The number of benzene rings is 2. The number of nitrogens with zero attached hydrogens (tertiary/aromatic N) is 2. The smallest absolute Gasteiger partial charge is 0.497 e. The van der Waals surface area contributed by atoms with Gasteiger partial charge in [-0.25, -0.2) is 0 Å². The number of hydrogen-bond acceptors (Lipinski definition) is 3. The van der Waals surface area contributed by atoms with E-state index in [1.807, 2.05) is 60.7 Å². The zero-order valence-corrected chi connectivity index (χ0v) is 18.7. The van der Waals surface area contributed by atoms with Crippen molar-refractivity contribution in [1.29, 1.82) is 0 Å². The average Bonchev–Trinajstić information content (AvgIpc) is 2.74. The van der Waals surface area contributed by atoms with Gasteiger partial charge < -0.3 is 14.7 Å². The van der Waals surface area contributed by atoms with E-state index in [0.29, 0.717) is 11.5 Å². The Morgan fingerprint density at radius 2 is 1.33 bits per heavy atom. The fraction of sp³-hybridized carbons (Fsp3) is 0.154. The van der Waals surface area contributed by atoms with Gasteiger partial charge in [0, 0.05) is 23.9 Å². The maximum Gasteiger partial charge on any atom is 2.00 e. The Bertz CT molecular complexity index is 1110. The second-order valence-corrected chi connectivity index (χ2v) is 7.86. The summed E-state index contributed by atoms with van der Waals surface area (Å²) in [5.41, 5.74) is 4.66. The fourth-order valence-corrected chi connectivity index (χ4v) is 2.99. The SMILES string of the molecule is CC(C)(C)c1cc(Oc2[c-]c(-c3ccccn3)ccc2)[c-]c(-c2ccccn2)c1.[Pd+2]. The van der Waals surface area contributed by atoms with Crippen LogP contribution in [0.25, 0.3) is 22.5 Å². The number of hydrogen-bond donors (Lipinski definition) is 0. The molecule has 30 heavy (non-hydrogen) atoms. The Morgan fingerprint density at radius 3 is 1.93 bits per heavy atom. The molecule has 4 heteroatoms. The first-order chi connectivity index (χ1) is 14.0. The fourth-order valence-electron chi connectivity index (χ4n) is 2.99. The van der Waals surface area contributed by atoms with Gasteiger partial charge in [-0.15, -0.1) is 41.0 Å². The normalized spacial score (nSPS) is 10.9. The van der Waals surface area contributed by atoms with Gasteiger partial charge in [-0.1, -0.05) is 63.2 Å². The van der Waals surface area contributed by atoms with Crippen LogP contribution in [0.4, 0.5) is 0 Å². The summed E-state index contributed by atoms with van der Waals surface area (Å²) in [6.07, 6.45) is 3.56. The average molecular weight is 485 g/mol. The van der Waals surface area contributed by atoms with E-state index < -0.39 is 0 Å². The molecule has 0 amide bonds. The molecule has 3 nitrogen and oxygen atoms in total. The second-order valence-electron chi connectivity index (χ2n) is 7.86. The zero-order chi connectivity index (χ0) is 20.3. The molecule has 0 unspecified atom stereocenters. The van der Waals surface area contributed by atoms with Gasteiger partial charge in [-0.05, 0) is 28.9 Å². The molecule has 0 N–H and O–H groups in total. The van der Waals surface area contributed by atoms with E-state index >= 15 is 0 Å². The van der Waals surface area contributed by atoms with Gasteiger partial charge in [0.2, 0.25) is 0 Å². The van der Waals surface area contributed by atoms with Crippen LogP contribution in [0, 0.1) is 12.1 Å². The Labute approximate surface area is 191 Å². The van der Waals surface area contributed by atoms with Crippen molar-refractivity contribution in [1.82, 2.24) is 9.97 Å². The number of rotatable bonds is 4. The Balaban J connectivity index is 0.00000256. The van der Waals surface area contributed by atoms with Crippen molar-refractivity contribution in [3.8, 4) is 34.0 Å². The molecule has 0 saturated heterocycles. The van der Waals surface area contributed by atoms with Crippen LogP contribution in [0.1, 0.15) is 26.3 Å². The first-order valence-corrected chi connectivity index (χ1v) is 9.60. The van der Waals surface area contributed by atoms with Gasteiger partial charge in [0.25, 0.3) is 0 Å². The molecule has 0 saturated carbocycles. The molecular weight excluding hydrogens is 463 g/mol. The molecule has 0 aliphatic heterocycles. The van der Waals surface area contributed by atoms with Crippen LogP contribution in [0.15, 0.2) is 79.1 Å². The standard InChI is InChI=1S/C26H22N2O.Pd/c1-26(2,3)21-15-20(25-12-5-7-14-28-25)17-23(18-21)29-22-10-8-9-19(16-22)24-11-4-6-13-27-24;/h4-15,18H,1-3H3;/q-2;+2. The number of pyridine rings is 2. The molecule has 0 atom stereocenters. The van der Waals surface area contributed by atoms with Crippen molar-refractivity contribution in [2.45, 2.75) is 26.2 Å². The minimum absolute atomic E-state index is 0. The largest absolute Gasteiger partial charge is 2.00 e. The quantitative estimate of drug-likeness (QED) is 0.245. The Kier molecular flexibility index (Phi) is 6.82. The molecule has 0 spiro atoms. The van der Waals surface area contributed by atoms with Crippen molar-refractivity contribution in [2.75, 3.05) is 0 Å². The summed E-state index contributed by atoms with van der Waals surface area (Å²) in [6.45, 7) is 6.55. The zero-order valence-electron chi connectivity index (χ0n) is 17.1. The Hall–Kier alpha value is -2.80. The van der Waals surface area contributed by atoms with E-state index in [9.17, 15) is 0 Å². The van der Waals surface area contributed by atoms with Crippen LogP contribution < -0.4 is 4.74 Å². The van der Waals surface area contributed by atoms with Crippen LogP contribution in [0.2, 0.25) is 0 Å². The van der Waals surface area contributed by atoms with E-state index in [0.717, 1.165) is 28.1 Å². The molecule has 4 rings (SSSR count). The van der Waals surface area contributed by atoms with Gasteiger partial charge >= 0.3 is 20.4 Å². The summed E-state index contributed by atoms with van der Waals surface area (Å²) >= 11 is 0. The van der Waals surface area contributed by atoms with Gasteiger partial charge in [-0.2, -0.15) is 0 Å². The molecule has 0 bridgehead atoms. The molecule has 0 radical (unpaired) electrons.